The van der Waals surface area contributed by atoms with Crippen LogP contribution in [0.4, 0.5) is 19.0 Å². The van der Waals surface area contributed by atoms with E-state index >= 15 is 0 Å². The maximum absolute atomic E-state index is 12.5. The first-order valence-electron chi connectivity index (χ1n) is 6.35. The Hall–Kier alpha value is -1.81. The number of halogens is 3. The zero-order valence-corrected chi connectivity index (χ0v) is 10.8. The number of rotatable bonds is 3. The van der Waals surface area contributed by atoms with Crippen LogP contribution in [0.2, 0.25) is 0 Å². The zero-order valence-electron chi connectivity index (χ0n) is 10.8. The van der Waals surface area contributed by atoms with Gasteiger partial charge in [-0.25, -0.2) is 4.98 Å². The Balaban J connectivity index is 1.87. The zero-order chi connectivity index (χ0) is 14.6. The summed E-state index contributed by atoms with van der Waals surface area (Å²) < 4.78 is 37.6. The second-order valence-corrected chi connectivity index (χ2v) is 4.70. The molecule has 1 aromatic heterocycles. The number of anilines is 1. The third kappa shape index (κ3) is 3.61. The lowest BCUT2D eigenvalue weighted by Gasteiger charge is -2.36. The molecule has 2 rings (SSSR count). The molecule has 1 aromatic rings. The van der Waals surface area contributed by atoms with Crippen molar-refractivity contribution in [2.75, 3.05) is 37.6 Å². The fraction of sp³-hybridized carbons (Fsp3) is 0.538. The summed E-state index contributed by atoms with van der Waals surface area (Å²) in [4.78, 5) is 7.93. The summed E-state index contributed by atoms with van der Waals surface area (Å²) in [6.45, 7) is 1.99. The molecule has 1 aliphatic heterocycles. The fourth-order valence-electron chi connectivity index (χ4n) is 2.18. The highest BCUT2D eigenvalue weighted by Crippen LogP contribution is 2.26. The molecule has 0 radical (unpaired) electrons. The molecule has 2 heterocycles. The van der Waals surface area contributed by atoms with Crippen molar-refractivity contribution < 1.29 is 13.2 Å². The van der Waals surface area contributed by atoms with Gasteiger partial charge in [-0.3, -0.25) is 4.90 Å². The van der Waals surface area contributed by atoms with Crippen LogP contribution in [0.3, 0.4) is 0 Å². The minimum Gasteiger partial charge on any atom is -0.354 e. The summed E-state index contributed by atoms with van der Waals surface area (Å²) in [5.41, 5.74) is 0. The van der Waals surface area contributed by atoms with Gasteiger partial charge in [-0.2, -0.15) is 18.4 Å². The van der Waals surface area contributed by atoms with E-state index in [1.54, 1.807) is 11.1 Å². The van der Waals surface area contributed by atoms with Gasteiger partial charge in [0.25, 0.3) is 0 Å². The van der Waals surface area contributed by atoms with Crippen LogP contribution in [0.25, 0.3) is 0 Å². The quantitative estimate of drug-likeness (QED) is 0.850. The normalized spacial score (nSPS) is 18.6. The van der Waals surface area contributed by atoms with Crippen LogP contribution in [0.1, 0.15) is 0 Å². The molecule has 0 aliphatic carbocycles. The number of alkyl halides is 3. The standard InChI is InChI=1S/C13H15F3N4/c14-13(15,16)11(9-17)10-19-5-7-20(8-6-19)12-3-1-2-4-18-12/h1-4,11H,5-8,10H2. The van der Waals surface area contributed by atoms with E-state index in [4.69, 9.17) is 5.26 Å². The predicted octanol–water partition coefficient (Wildman–Crippen LogP) is 1.91. The van der Waals surface area contributed by atoms with Gasteiger partial charge in [-0.05, 0) is 12.1 Å². The van der Waals surface area contributed by atoms with Crippen molar-refractivity contribution in [3.05, 3.63) is 24.4 Å². The van der Waals surface area contributed by atoms with Crippen LogP contribution >= 0.6 is 0 Å². The summed E-state index contributed by atoms with van der Waals surface area (Å²) in [7, 11) is 0. The number of aromatic nitrogens is 1. The summed E-state index contributed by atoms with van der Waals surface area (Å²) >= 11 is 0. The lowest BCUT2D eigenvalue weighted by Crippen LogP contribution is -2.49. The molecule has 1 fully saturated rings. The molecule has 0 bridgehead atoms. The number of nitriles is 1. The third-order valence-corrected chi connectivity index (χ3v) is 3.34. The average Bonchev–Trinajstić information content (AvgIpc) is 2.45. The van der Waals surface area contributed by atoms with Crippen molar-refractivity contribution in [3.8, 4) is 6.07 Å². The molecule has 1 unspecified atom stereocenters. The molecule has 0 aromatic carbocycles. The predicted molar refractivity (Wildman–Crippen MR) is 68.0 cm³/mol. The van der Waals surface area contributed by atoms with Crippen LogP contribution in [-0.4, -0.2) is 48.8 Å². The van der Waals surface area contributed by atoms with E-state index in [0.717, 1.165) is 5.82 Å². The third-order valence-electron chi connectivity index (χ3n) is 3.34. The summed E-state index contributed by atoms with van der Waals surface area (Å²) in [5.74, 6) is -1.08. The molecule has 0 saturated carbocycles. The Morgan fingerprint density at radius 3 is 2.45 bits per heavy atom. The number of piperazine rings is 1. The molecule has 1 aliphatic rings. The first-order chi connectivity index (χ1) is 9.50. The van der Waals surface area contributed by atoms with Crippen LogP contribution in [0, 0.1) is 17.2 Å². The Labute approximate surface area is 115 Å². The Bertz CT molecular complexity index is 461. The van der Waals surface area contributed by atoms with E-state index in [0.29, 0.717) is 26.2 Å². The van der Waals surface area contributed by atoms with Gasteiger partial charge >= 0.3 is 6.18 Å². The topological polar surface area (TPSA) is 43.2 Å². The van der Waals surface area contributed by atoms with E-state index in [9.17, 15) is 13.2 Å². The first-order valence-corrected chi connectivity index (χ1v) is 6.35. The maximum Gasteiger partial charge on any atom is 0.405 e. The largest absolute Gasteiger partial charge is 0.405 e. The van der Waals surface area contributed by atoms with Gasteiger partial charge in [0.15, 0.2) is 5.92 Å². The summed E-state index contributed by atoms with van der Waals surface area (Å²) in [6, 6.07) is 6.92. The van der Waals surface area contributed by atoms with Crippen LogP contribution < -0.4 is 4.90 Å². The van der Waals surface area contributed by atoms with E-state index in [-0.39, 0.29) is 6.54 Å². The monoisotopic (exact) mass is 284 g/mol. The average molecular weight is 284 g/mol. The molecule has 0 spiro atoms. The van der Waals surface area contributed by atoms with Gasteiger partial charge in [0.2, 0.25) is 0 Å². The molecule has 108 valence electrons. The van der Waals surface area contributed by atoms with E-state index in [1.165, 1.54) is 6.07 Å². The second-order valence-electron chi connectivity index (χ2n) is 4.70. The molecular formula is C13H15F3N4. The molecular weight excluding hydrogens is 269 g/mol. The highest BCUT2D eigenvalue weighted by atomic mass is 19.4. The van der Waals surface area contributed by atoms with Gasteiger partial charge in [-0.15, -0.1) is 0 Å². The van der Waals surface area contributed by atoms with E-state index < -0.39 is 12.1 Å². The van der Waals surface area contributed by atoms with Crippen molar-refractivity contribution in [1.29, 1.82) is 5.26 Å². The van der Waals surface area contributed by atoms with Crippen LogP contribution in [0.5, 0.6) is 0 Å². The minimum absolute atomic E-state index is 0.254. The van der Waals surface area contributed by atoms with Crippen LogP contribution in [-0.2, 0) is 0 Å². The fourth-order valence-corrected chi connectivity index (χ4v) is 2.18. The van der Waals surface area contributed by atoms with Crippen molar-refractivity contribution in [2.45, 2.75) is 6.18 Å². The van der Waals surface area contributed by atoms with Gasteiger partial charge in [0.1, 0.15) is 5.82 Å². The van der Waals surface area contributed by atoms with Crippen LogP contribution in [0.15, 0.2) is 24.4 Å². The van der Waals surface area contributed by atoms with Gasteiger partial charge in [-0.1, -0.05) is 6.07 Å². The number of nitrogens with zero attached hydrogens (tertiary/aromatic N) is 4. The molecule has 7 heteroatoms. The molecule has 4 nitrogen and oxygen atoms in total. The highest BCUT2D eigenvalue weighted by Gasteiger charge is 2.41. The molecule has 1 atom stereocenters. The first kappa shape index (κ1) is 14.6. The van der Waals surface area contributed by atoms with E-state index in [1.807, 2.05) is 23.1 Å². The van der Waals surface area contributed by atoms with E-state index in [2.05, 4.69) is 4.98 Å². The van der Waals surface area contributed by atoms with Gasteiger partial charge in [0, 0.05) is 38.9 Å². The molecule has 0 N–H and O–H groups in total. The number of hydrogen-bond acceptors (Lipinski definition) is 4. The van der Waals surface area contributed by atoms with Gasteiger partial charge < -0.3 is 4.90 Å². The lowest BCUT2D eigenvalue weighted by molar-refractivity contribution is -0.163. The van der Waals surface area contributed by atoms with Crippen molar-refractivity contribution >= 4 is 5.82 Å². The number of hydrogen-bond donors (Lipinski definition) is 0. The maximum atomic E-state index is 12.5. The second kappa shape index (κ2) is 6.09. The van der Waals surface area contributed by atoms with Crippen molar-refractivity contribution in [1.82, 2.24) is 9.88 Å². The Kier molecular flexibility index (Phi) is 4.45. The SMILES string of the molecule is N#CC(CN1CCN(c2ccccn2)CC1)C(F)(F)F. The highest BCUT2D eigenvalue weighted by molar-refractivity contribution is 5.38. The minimum atomic E-state index is -4.45. The van der Waals surface area contributed by atoms with Crippen molar-refractivity contribution in [3.63, 3.8) is 0 Å². The lowest BCUT2D eigenvalue weighted by atomic mass is 10.1. The smallest absolute Gasteiger partial charge is 0.354 e. The molecule has 0 amide bonds. The molecule has 1 saturated heterocycles. The Morgan fingerprint density at radius 2 is 1.95 bits per heavy atom. The van der Waals surface area contributed by atoms with Crippen molar-refractivity contribution in [2.24, 2.45) is 5.92 Å². The van der Waals surface area contributed by atoms with Gasteiger partial charge in [0.05, 0.1) is 6.07 Å². The summed E-state index contributed by atoms with van der Waals surface area (Å²) in [6.07, 6.45) is -2.76. The summed E-state index contributed by atoms with van der Waals surface area (Å²) in [5, 5.41) is 8.61. The Morgan fingerprint density at radius 1 is 1.25 bits per heavy atom. The number of pyridine rings is 1. The molecule has 20 heavy (non-hydrogen) atoms.